The molecule has 1 heteroatoms. The molecule has 70 valence electrons. The van der Waals surface area contributed by atoms with Crippen molar-refractivity contribution < 1.29 is 4.74 Å². The van der Waals surface area contributed by atoms with Gasteiger partial charge in [0.25, 0.3) is 0 Å². The largest absolute Gasteiger partial charge is 0.501 e. The highest BCUT2D eigenvalue weighted by Gasteiger charge is 2.05. The molecule has 0 bridgehead atoms. The summed E-state index contributed by atoms with van der Waals surface area (Å²) in [4.78, 5) is 0. The first kappa shape index (κ1) is 11.3. The zero-order valence-corrected chi connectivity index (χ0v) is 8.85. The molecule has 0 atom stereocenters. The second-order valence-corrected chi connectivity index (χ2v) is 3.09. The molecule has 0 aromatic rings. The van der Waals surface area contributed by atoms with Gasteiger partial charge in [-0.15, -0.1) is 0 Å². The average Bonchev–Trinajstić information content (AvgIpc) is 2.05. The Hall–Kier alpha value is -0.720. The van der Waals surface area contributed by atoms with Crippen molar-refractivity contribution in [2.75, 3.05) is 7.11 Å². The molecule has 0 unspecified atom stereocenters. The van der Waals surface area contributed by atoms with Crippen molar-refractivity contribution in [1.29, 1.82) is 0 Å². The van der Waals surface area contributed by atoms with Crippen molar-refractivity contribution >= 4 is 0 Å². The maximum Gasteiger partial charge on any atom is 0.0987 e. The van der Waals surface area contributed by atoms with E-state index in [1.54, 1.807) is 7.11 Å². The molecule has 0 aliphatic carbocycles. The summed E-state index contributed by atoms with van der Waals surface area (Å²) in [5, 5.41) is 0. The molecule has 1 nitrogen and oxygen atoms in total. The summed E-state index contributed by atoms with van der Waals surface area (Å²) in [5.74, 6) is 1.64. The van der Waals surface area contributed by atoms with Gasteiger partial charge in [-0.3, -0.25) is 0 Å². The van der Waals surface area contributed by atoms with Crippen LogP contribution in [0, 0.1) is 5.92 Å². The van der Waals surface area contributed by atoms with E-state index in [0.717, 1.165) is 12.2 Å². The van der Waals surface area contributed by atoms with E-state index < -0.39 is 0 Å². The van der Waals surface area contributed by atoms with Crippen LogP contribution in [0.25, 0.3) is 0 Å². The van der Waals surface area contributed by atoms with Crippen LogP contribution in [0.15, 0.2) is 23.5 Å². The first-order valence-electron chi connectivity index (χ1n) is 4.57. The SMILES string of the molecule is C/C=C\C(=C(/CC)OC)C(C)C. The van der Waals surface area contributed by atoms with Gasteiger partial charge in [0.15, 0.2) is 0 Å². The van der Waals surface area contributed by atoms with Crippen molar-refractivity contribution in [2.24, 2.45) is 5.92 Å². The van der Waals surface area contributed by atoms with Crippen LogP contribution in [0.3, 0.4) is 0 Å². The summed E-state index contributed by atoms with van der Waals surface area (Å²) in [6.45, 7) is 8.52. The molecule has 0 aromatic heterocycles. The highest BCUT2D eigenvalue weighted by atomic mass is 16.5. The Morgan fingerprint density at radius 3 is 2.25 bits per heavy atom. The van der Waals surface area contributed by atoms with Crippen LogP contribution < -0.4 is 0 Å². The molecule has 12 heavy (non-hydrogen) atoms. The third-order valence-corrected chi connectivity index (χ3v) is 1.86. The molecular formula is C11H20O. The lowest BCUT2D eigenvalue weighted by atomic mass is 10.0. The molecule has 0 rings (SSSR count). The number of ether oxygens (including phenoxy) is 1. The van der Waals surface area contributed by atoms with Gasteiger partial charge in [-0.2, -0.15) is 0 Å². The van der Waals surface area contributed by atoms with Crippen molar-refractivity contribution in [3.63, 3.8) is 0 Å². The topological polar surface area (TPSA) is 9.23 Å². The van der Waals surface area contributed by atoms with E-state index >= 15 is 0 Å². The third-order valence-electron chi connectivity index (χ3n) is 1.86. The van der Waals surface area contributed by atoms with E-state index in [9.17, 15) is 0 Å². The van der Waals surface area contributed by atoms with E-state index in [-0.39, 0.29) is 0 Å². The fourth-order valence-electron chi connectivity index (χ4n) is 1.25. The Balaban J connectivity index is 4.75. The second kappa shape index (κ2) is 5.87. The van der Waals surface area contributed by atoms with Gasteiger partial charge in [-0.25, -0.2) is 0 Å². The molecule has 0 aliphatic heterocycles. The first-order chi connectivity index (χ1) is 5.67. The van der Waals surface area contributed by atoms with Crippen LogP contribution in [-0.2, 0) is 4.74 Å². The Bertz CT molecular complexity index is 169. The molecule has 0 spiro atoms. The third kappa shape index (κ3) is 3.12. The molecule has 0 N–H and O–H groups in total. The first-order valence-corrected chi connectivity index (χ1v) is 4.57. The minimum Gasteiger partial charge on any atom is -0.501 e. The Kier molecular flexibility index (Phi) is 5.52. The quantitative estimate of drug-likeness (QED) is 0.461. The highest BCUT2D eigenvalue weighted by Crippen LogP contribution is 2.19. The fraction of sp³-hybridized carbons (Fsp3) is 0.636. The van der Waals surface area contributed by atoms with Crippen LogP contribution >= 0.6 is 0 Å². The normalized spacial score (nSPS) is 13.8. The number of methoxy groups -OCH3 is 1. The molecular weight excluding hydrogens is 148 g/mol. The molecule has 0 aromatic carbocycles. The molecule has 0 saturated heterocycles. The number of hydrogen-bond donors (Lipinski definition) is 0. The van der Waals surface area contributed by atoms with Crippen LogP contribution in [-0.4, -0.2) is 7.11 Å². The van der Waals surface area contributed by atoms with E-state index in [2.05, 4.69) is 32.9 Å². The van der Waals surface area contributed by atoms with Crippen molar-refractivity contribution in [1.82, 2.24) is 0 Å². The minimum absolute atomic E-state index is 0.538. The summed E-state index contributed by atoms with van der Waals surface area (Å²) >= 11 is 0. The predicted octanol–water partition coefficient (Wildman–Crippen LogP) is 3.53. The minimum atomic E-state index is 0.538. The lowest BCUT2D eigenvalue weighted by Crippen LogP contribution is -1.98. The van der Waals surface area contributed by atoms with Crippen LogP contribution in [0.2, 0.25) is 0 Å². The average molecular weight is 168 g/mol. The zero-order valence-electron chi connectivity index (χ0n) is 8.85. The van der Waals surface area contributed by atoms with E-state index in [1.807, 2.05) is 6.92 Å². The van der Waals surface area contributed by atoms with Crippen molar-refractivity contribution in [2.45, 2.75) is 34.1 Å². The van der Waals surface area contributed by atoms with E-state index in [4.69, 9.17) is 4.74 Å². The second-order valence-electron chi connectivity index (χ2n) is 3.09. The maximum absolute atomic E-state index is 5.30. The smallest absolute Gasteiger partial charge is 0.0987 e. The van der Waals surface area contributed by atoms with Crippen molar-refractivity contribution in [3.05, 3.63) is 23.5 Å². The molecule has 0 aliphatic rings. The van der Waals surface area contributed by atoms with Crippen LogP contribution in [0.1, 0.15) is 34.1 Å². The maximum atomic E-state index is 5.30. The van der Waals surface area contributed by atoms with Gasteiger partial charge < -0.3 is 4.74 Å². The molecule has 0 radical (unpaired) electrons. The van der Waals surface area contributed by atoms with Crippen LogP contribution in [0.4, 0.5) is 0 Å². The summed E-state index contributed by atoms with van der Waals surface area (Å²) in [6, 6.07) is 0. The van der Waals surface area contributed by atoms with Crippen LogP contribution in [0.5, 0.6) is 0 Å². The van der Waals surface area contributed by atoms with Gasteiger partial charge in [0.2, 0.25) is 0 Å². The van der Waals surface area contributed by atoms with Crippen molar-refractivity contribution in [3.8, 4) is 0 Å². The Labute approximate surface area is 76.1 Å². The Morgan fingerprint density at radius 1 is 1.42 bits per heavy atom. The highest BCUT2D eigenvalue weighted by molar-refractivity contribution is 5.23. The molecule has 0 heterocycles. The summed E-state index contributed by atoms with van der Waals surface area (Å²) in [7, 11) is 1.74. The molecule has 0 fully saturated rings. The number of hydrogen-bond acceptors (Lipinski definition) is 1. The number of rotatable bonds is 4. The molecule has 0 amide bonds. The number of allylic oxidation sites excluding steroid dienone is 4. The fourth-order valence-corrected chi connectivity index (χ4v) is 1.25. The monoisotopic (exact) mass is 168 g/mol. The summed E-state index contributed by atoms with van der Waals surface area (Å²) in [5.41, 5.74) is 1.31. The van der Waals surface area contributed by atoms with Gasteiger partial charge in [0.1, 0.15) is 0 Å². The van der Waals surface area contributed by atoms with Gasteiger partial charge >= 0.3 is 0 Å². The molecule has 0 saturated carbocycles. The standard InChI is InChI=1S/C11H20O/c1-6-8-10(9(3)4)11(7-2)12-5/h6,8-9H,7H2,1-5H3/b8-6-,11-10-. The Morgan fingerprint density at radius 2 is 2.00 bits per heavy atom. The van der Waals surface area contributed by atoms with Gasteiger partial charge in [0.05, 0.1) is 12.9 Å². The van der Waals surface area contributed by atoms with E-state index in [0.29, 0.717) is 5.92 Å². The summed E-state index contributed by atoms with van der Waals surface area (Å²) < 4.78 is 5.30. The van der Waals surface area contributed by atoms with Gasteiger partial charge in [0, 0.05) is 6.42 Å². The van der Waals surface area contributed by atoms with Gasteiger partial charge in [-0.1, -0.05) is 32.9 Å². The predicted molar refractivity (Wildman–Crippen MR) is 54.0 cm³/mol. The van der Waals surface area contributed by atoms with Gasteiger partial charge in [-0.05, 0) is 18.4 Å². The van der Waals surface area contributed by atoms with E-state index in [1.165, 1.54) is 5.57 Å². The zero-order chi connectivity index (χ0) is 9.56. The lowest BCUT2D eigenvalue weighted by Gasteiger charge is -2.12. The lowest BCUT2D eigenvalue weighted by molar-refractivity contribution is 0.273. The summed E-state index contributed by atoms with van der Waals surface area (Å²) in [6.07, 6.45) is 5.16.